The Morgan fingerprint density at radius 2 is 1.93 bits per heavy atom. The molecule has 3 rings (SSSR count). The van der Waals surface area contributed by atoms with Gasteiger partial charge in [0.2, 0.25) is 0 Å². The van der Waals surface area contributed by atoms with E-state index in [0.717, 1.165) is 11.3 Å². The molecule has 0 saturated carbocycles. The molecule has 0 radical (unpaired) electrons. The second-order valence-corrected chi connectivity index (χ2v) is 3.15. The Labute approximate surface area is 80.4 Å². The SMILES string of the molecule is O=C1c2ccncc2-c2ncccc21. The van der Waals surface area contributed by atoms with Crippen LogP contribution in [0.15, 0.2) is 36.8 Å². The van der Waals surface area contributed by atoms with Gasteiger partial charge in [0.05, 0.1) is 5.69 Å². The molecule has 0 fully saturated rings. The summed E-state index contributed by atoms with van der Waals surface area (Å²) in [5.41, 5.74) is 2.97. The summed E-state index contributed by atoms with van der Waals surface area (Å²) in [6, 6.07) is 5.31. The van der Waals surface area contributed by atoms with Crippen LogP contribution in [0.5, 0.6) is 0 Å². The first kappa shape index (κ1) is 7.38. The second-order valence-electron chi connectivity index (χ2n) is 3.15. The van der Waals surface area contributed by atoms with Crippen LogP contribution in [-0.4, -0.2) is 15.8 Å². The molecule has 1 aliphatic carbocycles. The van der Waals surface area contributed by atoms with Crippen LogP contribution >= 0.6 is 0 Å². The highest BCUT2D eigenvalue weighted by Gasteiger charge is 2.26. The normalized spacial score (nSPS) is 12.4. The van der Waals surface area contributed by atoms with Crippen molar-refractivity contribution >= 4 is 5.78 Å². The molecule has 0 aliphatic heterocycles. The number of aromatic nitrogens is 2. The van der Waals surface area contributed by atoms with Gasteiger partial charge in [-0.2, -0.15) is 0 Å². The maximum atomic E-state index is 11.8. The smallest absolute Gasteiger partial charge is 0.196 e. The molecule has 2 heterocycles. The van der Waals surface area contributed by atoms with Crippen molar-refractivity contribution in [1.29, 1.82) is 0 Å². The third kappa shape index (κ3) is 0.785. The lowest BCUT2D eigenvalue weighted by Crippen LogP contribution is -1.94. The summed E-state index contributed by atoms with van der Waals surface area (Å²) in [7, 11) is 0. The van der Waals surface area contributed by atoms with E-state index in [-0.39, 0.29) is 5.78 Å². The molecule has 1 aliphatic rings. The van der Waals surface area contributed by atoms with Crippen LogP contribution in [0, 0.1) is 0 Å². The van der Waals surface area contributed by atoms with E-state index in [0.29, 0.717) is 11.1 Å². The third-order valence-corrected chi connectivity index (χ3v) is 2.37. The molecule has 0 saturated heterocycles. The van der Waals surface area contributed by atoms with Crippen LogP contribution in [0.3, 0.4) is 0 Å². The maximum Gasteiger partial charge on any atom is 0.196 e. The fourth-order valence-corrected chi connectivity index (χ4v) is 1.73. The number of ketones is 1. The van der Waals surface area contributed by atoms with Gasteiger partial charge in [-0.25, -0.2) is 0 Å². The fraction of sp³-hybridized carbons (Fsp3) is 0. The number of nitrogens with zero attached hydrogens (tertiary/aromatic N) is 2. The molecule has 0 atom stereocenters. The number of hydrogen-bond acceptors (Lipinski definition) is 3. The Morgan fingerprint density at radius 1 is 1.00 bits per heavy atom. The molecule has 0 bridgehead atoms. The van der Waals surface area contributed by atoms with E-state index in [2.05, 4.69) is 9.97 Å². The quantitative estimate of drug-likeness (QED) is 0.531. The molecule has 3 heteroatoms. The molecule has 2 aromatic heterocycles. The predicted octanol–water partition coefficient (Wildman–Crippen LogP) is 1.69. The molecule has 0 N–H and O–H groups in total. The standard InChI is InChI=1S/C11H6N2O/c14-11-7-3-5-12-6-9(7)10-8(11)2-1-4-13-10/h1-6H. The Bertz CT molecular complexity index is 487. The van der Waals surface area contributed by atoms with Crippen molar-refractivity contribution < 1.29 is 4.79 Å². The number of fused-ring (bicyclic) bond motifs is 3. The van der Waals surface area contributed by atoms with Crippen LogP contribution < -0.4 is 0 Å². The van der Waals surface area contributed by atoms with Crippen LogP contribution in [0.2, 0.25) is 0 Å². The van der Waals surface area contributed by atoms with Crippen molar-refractivity contribution in [3.63, 3.8) is 0 Å². The number of carbonyl (C=O) groups excluding carboxylic acids is 1. The van der Waals surface area contributed by atoms with Crippen LogP contribution in [0.1, 0.15) is 15.9 Å². The van der Waals surface area contributed by atoms with Gasteiger partial charge < -0.3 is 0 Å². The topological polar surface area (TPSA) is 42.9 Å². The average molecular weight is 182 g/mol. The summed E-state index contributed by atoms with van der Waals surface area (Å²) in [6.45, 7) is 0. The first-order valence-corrected chi connectivity index (χ1v) is 4.32. The Morgan fingerprint density at radius 3 is 2.86 bits per heavy atom. The zero-order chi connectivity index (χ0) is 9.54. The minimum Gasteiger partial charge on any atom is -0.289 e. The average Bonchev–Trinajstić information content (AvgIpc) is 2.55. The predicted molar refractivity (Wildman–Crippen MR) is 50.9 cm³/mol. The largest absolute Gasteiger partial charge is 0.289 e. The highest BCUT2D eigenvalue weighted by atomic mass is 16.1. The monoisotopic (exact) mass is 182 g/mol. The van der Waals surface area contributed by atoms with E-state index >= 15 is 0 Å². The number of carbonyl (C=O) groups is 1. The molecule has 2 aromatic rings. The maximum absolute atomic E-state index is 11.8. The van der Waals surface area contributed by atoms with E-state index in [1.54, 1.807) is 36.8 Å². The van der Waals surface area contributed by atoms with Crippen LogP contribution in [0.25, 0.3) is 11.3 Å². The van der Waals surface area contributed by atoms with Crippen molar-refractivity contribution in [2.75, 3.05) is 0 Å². The van der Waals surface area contributed by atoms with E-state index in [1.165, 1.54) is 0 Å². The summed E-state index contributed by atoms with van der Waals surface area (Å²) in [6.07, 6.45) is 5.00. The third-order valence-electron chi connectivity index (χ3n) is 2.37. The zero-order valence-corrected chi connectivity index (χ0v) is 7.27. The van der Waals surface area contributed by atoms with Crippen molar-refractivity contribution in [3.05, 3.63) is 47.9 Å². The molecule has 0 unspecified atom stereocenters. The van der Waals surface area contributed by atoms with Gasteiger partial charge in [0.1, 0.15) is 0 Å². The molecule has 0 spiro atoms. The number of rotatable bonds is 0. The lowest BCUT2D eigenvalue weighted by molar-refractivity contribution is 0.104. The number of hydrogen-bond donors (Lipinski definition) is 0. The van der Waals surface area contributed by atoms with Gasteiger partial charge in [0, 0.05) is 35.3 Å². The van der Waals surface area contributed by atoms with Crippen molar-refractivity contribution in [1.82, 2.24) is 9.97 Å². The molecule has 14 heavy (non-hydrogen) atoms. The van der Waals surface area contributed by atoms with Gasteiger partial charge in [-0.15, -0.1) is 0 Å². The van der Waals surface area contributed by atoms with Crippen molar-refractivity contribution in [3.8, 4) is 11.3 Å². The van der Waals surface area contributed by atoms with E-state index < -0.39 is 0 Å². The van der Waals surface area contributed by atoms with Crippen LogP contribution in [0.4, 0.5) is 0 Å². The highest BCUT2D eigenvalue weighted by Crippen LogP contribution is 2.33. The van der Waals surface area contributed by atoms with Gasteiger partial charge in [-0.1, -0.05) is 0 Å². The highest BCUT2D eigenvalue weighted by molar-refractivity contribution is 6.20. The lowest BCUT2D eigenvalue weighted by Gasteiger charge is -1.94. The van der Waals surface area contributed by atoms with Gasteiger partial charge in [-0.3, -0.25) is 14.8 Å². The van der Waals surface area contributed by atoms with Gasteiger partial charge in [0.15, 0.2) is 5.78 Å². The second kappa shape index (κ2) is 2.48. The lowest BCUT2D eigenvalue weighted by atomic mass is 10.1. The summed E-state index contributed by atoms with van der Waals surface area (Å²) in [4.78, 5) is 20.0. The van der Waals surface area contributed by atoms with Gasteiger partial charge in [-0.05, 0) is 18.2 Å². The van der Waals surface area contributed by atoms with Crippen molar-refractivity contribution in [2.45, 2.75) is 0 Å². The first-order chi connectivity index (χ1) is 6.88. The molecule has 66 valence electrons. The molecule has 0 aromatic carbocycles. The number of pyridine rings is 2. The van der Waals surface area contributed by atoms with Gasteiger partial charge >= 0.3 is 0 Å². The van der Waals surface area contributed by atoms with E-state index in [4.69, 9.17) is 0 Å². The zero-order valence-electron chi connectivity index (χ0n) is 7.27. The first-order valence-electron chi connectivity index (χ1n) is 4.32. The van der Waals surface area contributed by atoms with Crippen molar-refractivity contribution in [2.24, 2.45) is 0 Å². The van der Waals surface area contributed by atoms with E-state index in [9.17, 15) is 4.79 Å². The molecule has 0 amide bonds. The minimum atomic E-state index is 0.0468. The minimum absolute atomic E-state index is 0.0468. The Kier molecular flexibility index (Phi) is 1.31. The summed E-state index contributed by atoms with van der Waals surface area (Å²) >= 11 is 0. The summed E-state index contributed by atoms with van der Waals surface area (Å²) in [5.74, 6) is 0.0468. The Balaban J connectivity index is 2.42. The summed E-state index contributed by atoms with van der Waals surface area (Å²) in [5, 5.41) is 0. The summed E-state index contributed by atoms with van der Waals surface area (Å²) < 4.78 is 0. The van der Waals surface area contributed by atoms with E-state index in [1.807, 2.05) is 0 Å². The molecular formula is C11H6N2O. The van der Waals surface area contributed by atoms with Crippen LogP contribution in [-0.2, 0) is 0 Å². The fourth-order valence-electron chi connectivity index (χ4n) is 1.73. The molecule has 3 nitrogen and oxygen atoms in total. The Hall–Kier alpha value is -2.03. The van der Waals surface area contributed by atoms with Gasteiger partial charge in [0.25, 0.3) is 0 Å². The molecular weight excluding hydrogens is 176 g/mol.